The van der Waals surface area contributed by atoms with Crippen molar-refractivity contribution in [2.24, 2.45) is 0 Å². The van der Waals surface area contributed by atoms with E-state index in [-0.39, 0.29) is 31.1 Å². The monoisotopic (exact) mass is 943 g/mol. The number of esters is 3. The lowest BCUT2D eigenvalue weighted by molar-refractivity contribution is -0.167. The molecular weight excluding hydrogens is 841 g/mol. The second kappa shape index (κ2) is 55.7. The van der Waals surface area contributed by atoms with Crippen LogP contribution in [0.1, 0.15) is 245 Å². The van der Waals surface area contributed by atoms with Crippen molar-refractivity contribution in [3.05, 3.63) is 109 Å². The SMILES string of the molecule is CC/C=C\C/C=C\C/C=C\C/C=C\C/C=C\CCCCCCCCCC(=O)OCC(COC(=O)CCCCC/C=C\C/C=C\C/C=C\CC)OC(=O)CCCCCCC/C=C\CCCCCCC. The van der Waals surface area contributed by atoms with Crippen molar-refractivity contribution in [1.82, 2.24) is 0 Å². The Kier molecular flexibility index (Phi) is 52.4. The standard InChI is InChI=1S/C62H102O6/c1-4-7-10-13-16-19-22-25-27-28-29-30-31-32-33-34-35-38-40-43-46-49-52-55-61(64)67-58-59(57-66-60(63)54-51-48-45-42-39-36-24-21-18-15-12-9-6-3)68-62(65)56-53-50-47-44-41-37-26-23-20-17-14-11-8-5-2/h7,9-10,12,16,18-19,21,23,25-27,29-30,32-33,36,39,59H,4-6,8,11,13-15,17,20,22,24,28,31,34-35,37-38,40-58H2,1-3H3/b10-7-,12-9-,19-16-,21-18-,26-23-,27-25-,30-29-,33-32-,39-36-. The van der Waals surface area contributed by atoms with Crippen LogP contribution in [0.3, 0.4) is 0 Å². The van der Waals surface area contributed by atoms with E-state index >= 15 is 0 Å². The Labute approximate surface area is 419 Å². The Morgan fingerprint density at radius 1 is 0.309 bits per heavy atom. The van der Waals surface area contributed by atoms with Gasteiger partial charge in [-0.25, -0.2) is 0 Å². The second-order valence-corrected chi connectivity index (χ2v) is 18.1. The van der Waals surface area contributed by atoms with E-state index in [1.54, 1.807) is 0 Å². The molecule has 0 rings (SSSR count). The van der Waals surface area contributed by atoms with Crippen molar-refractivity contribution < 1.29 is 28.6 Å². The highest BCUT2D eigenvalue weighted by Gasteiger charge is 2.19. The molecule has 1 atom stereocenters. The van der Waals surface area contributed by atoms with Gasteiger partial charge in [-0.15, -0.1) is 0 Å². The highest BCUT2D eigenvalue weighted by Crippen LogP contribution is 2.14. The van der Waals surface area contributed by atoms with Crippen molar-refractivity contribution in [2.45, 2.75) is 252 Å². The molecule has 6 nitrogen and oxygen atoms in total. The number of carbonyl (C=O) groups excluding carboxylic acids is 3. The molecule has 0 fully saturated rings. The van der Waals surface area contributed by atoms with Crippen LogP contribution in [-0.2, 0) is 28.6 Å². The van der Waals surface area contributed by atoms with Gasteiger partial charge in [0.25, 0.3) is 0 Å². The van der Waals surface area contributed by atoms with Crippen molar-refractivity contribution in [3.8, 4) is 0 Å². The van der Waals surface area contributed by atoms with Crippen molar-refractivity contribution in [3.63, 3.8) is 0 Å². The molecule has 0 amide bonds. The highest BCUT2D eigenvalue weighted by molar-refractivity contribution is 5.71. The van der Waals surface area contributed by atoms with Gasteiger partial charge in [0.05, 0.1) is 0 Å². The fraction of sp³-hybridized carbons (Fsp3) is 0.661. The molecule has 68 heavy (non-hydrogen) atoms. The highest BCUT2D eigenvalue weighted by atomic mass is 16.6. The van der Waals surface area contributed by atoms with E-state index < -0.39 is 6.10 Å². The Balaban J connectivity index is 4.40. The Morgan fingerprint density at radius 2 is 0.574 bits per heavy atom. The van der Waals surface area contributed by atoms with Gasteiger partial charge in [-0.3, -0.25) is 14.4 Å². The molecule has 386 valence electrons. The predicted molar refractivity (Wildman–Crippen MR) is 293 cm³/mol. The van der Waals surface area contributed by atoms with Gasteiger partial charge in [0, 0.05) is 19.3 Å². The summed E-state index contributed by atoms with van der Waals surface area (Å²) in [5, 5.41) is 0. The molecule has 0 aromatic rings. The molecule has 0 heterocycles. The lowest BCUT2D eigenvalue weighted by Gasteiger charge is -2.18. The van der Waals surface area contributed by atoms with Crippen LogP contribution in [-0.4, -0.2) is 37.2 Å². The third kappa shape index (κ3) is 53.0. The first kappa shape index (κ1) is 64.1. The van der Waals surface area contributed by atoms with E-state index in [0.29, 0.717) is 19.3 Å². The van der Waals surface area contributed by atoms with E-state index in [2.05, 4.69) is 130 Å². The molecule has 0 N–H and O–H groups in total. The van der Waals surface area contributed by atoms with Crippen LogP contribution in [0, 0.1) is 0 Å². The molecule has 0 saturated heterocycles. The maximum absolute atomic E-state index is 12.8. The first-order chi connectivity index (χ1) is 33.5. The van der Waals surface area contributed by atoms with Crippen LogP contribution >= 0.6 is 0 Å². The summed E-state index contributed by atoms with van der Waals surface area (Å²) in [5.74, 6) is -0.949. The minimum Gasteiger partial charge on any atom is -0.462 e. The number of unbranched alkanes of at least 4 members (excludes halogenated alkanes) is 20. The van der Waals surface area contributed by atoms with Gasteiger partial charge in [0.15, 0.2) is 6.10 Å². The summed E-state index contributed by atoms with van der Waals surface area (Å²) in [5.41, 5.74) is 0. The zero-order valence-corrected chi connectivity index (χ0v) is 44.1. The fourth-order valence-electron chi connectivity index (χ4n) is 7.36. The summed E-state index contributed by atoms with van der Waals surface area (Å²) in [7, 11) is 0. The zero-order chi connectivity index (χ0) is 49.3. The number of hydrogen-bond donors (Lipinski definition) is 0. The second-order valence-electron chi connectivity index (χ2n) is 18.1. The molecule has 0 aliphatic carbocycles. The molecule has 0 aliphatic rings. The van der Waals surface area contributed by atoms with Gasteiger partial charge in [-0.1, -0.05) is 214 Å². The fourth-order valence-corrected chi connectivity index (χ4v) is 7.36. The normalized spacial score (nSPS) is 12.9. The van der Waals surface area contributed by atoms with E-state index in [9.17, 15) is 14.4 Å². The molecule has 0 radical (unpaired) electrons. The third-order valence-electron chi connectivity index (χ3n) is 11.5. The minimum absolute atomic E-state index is 0.0983. The lowest BCUT2D eigenvalue weighted by atomic mass is 10.1. The molecule has 0 bridgehead atoms. The van der Waals surface area contributed by atoms with Crippen molar-refractivity contribution in [2.75, 3.05) is 13.2 Å². The molecular formula is C62H102O6. The van der Waals surface area contributed by atoms with Crippen LogP contribution in [0.15, 0.2) is 109 Å². The summed E-state index contributed by atoms with van der Waals surface area (Å²) >= 11 is 0. The van der Waals surface area contributed by atoms with Crippen LogP contribution in [0.4, 0.5) is 0 Å². The Bertz CT molecular complexity index is 1410. The zero-order valence-electron chi connectivity index (χ0n) is 44.1. The summed E-state index contributed by atoms with van der Waals surface area (Å²) < 4.78 is 16.8. The summed E-state index contributed by atoms with van der Waals surface area (Å²) in [6.07, 6.45) is 75.1. The third-order valence-corrected chi connectivity index (χ3v) is 11.5. The number of rotatable bonds is 49. The Hall–Kier alpha value is -3.93. The van der Waals surface area contributed by atoms with Crippen LogP contribution in [0.5, 0.6) is 0 Å². The maximum Gasteiger partial charge on any atom is 0.306 e. The summed E-state index contributed by atoms with van der Waals surface area (Å²) in [6.45, 7) is 6.35. The lowest BCUT2D eigenvalue weighted by Crippen LogP contribution is -2.30. The molecule has 0 spiro atoms. The number of allylic oxidation sites excluding steroid dienone is 18. The van der Waals surface area contributed by atoms with Gasteiger partial charge in [-0.05, 0) is 122 Å². The average molecular weight is 943 g/mol. The molecule has 0 aromatic carbocycles. The van der Waals surface area contributed by atoms with E-state index in [4.69, 9.17) is 14.2 Å². The first-order valence-corrected chi connectivity index (χ1v) is 27.9. The predicted octanol–water partition coefficient (Wildman–Crippen LogP) is 18.7. The minimum atomic E-state index is -0.801. The van der Waals surface area contributed by atoms with Crippen molar-refractivity contribution in [1.29, 1.82) is 0 Å². The topological polar surface area (TPSA) is 78.9 Å². The number of ether oxygens (including phenoxy) is 3. The van der Waals surface area contributed by atoms with Gasteiger partial charge in [0.2, 0.25) is 0 Å². The van der Waals surface area contributed by atoms with Crippen molar-refractivity contribution >= 4 is 17.9 Å². The van der Waals surface area contributed by atoms with E-state index in [1.807, 2.05) is 0 Å². The Morgan fingerprint density at radius 3 is 0.926 bits per heavy atom. The molecule has 0 aliphatic heterocycles. The van der Waals surface area contributed by atoms with Crippen LogP contribution in [0.25, 0.3) is 0 Å². The molecule has 0 aromatic heterocycles. The van der Waals surface area contributed by atoms with Crippen LogP contribution in [0.2, 0.25) is 0 Å². The van der Waals surface area contributed by atoms with Crippen LogP contribution < -0.4 is 0 Å². The number of hydrogen-bond acceptors (Lipinski definition) is 6. The molecule has 0 saturated carbocycles. The molecule has 1 unspecified atom stereocenters. The van der Waals surface area contributed by atoms with E-state index in [1.165, 1.54) is 70.6 Å². The van der Waals surface area contributed by atoms with Gasteiger partial charge in [-0.2, -0.15) is 0 Å². The van der Waals surface area contributed by atoms with Gasteiger partial charge >= 0.3 is 17.9 Å². The number of carbonyl (C=O) groups is 3. The average Bonchev–Trinajstić information content (AvgIpc) is 3.34. The maximum atomic E-state index is 12.8. The summed E-state index contributed by atoms with van der Waals surface area (Å²) in [4.78, 5) is 38.1. The van der Waals surface area contributed by atoms with Gasteiger partial charge in [0.1, 0.15) is 13.2 Å². The smallest absolute Gasteiger partial charge is 0.306 e. The quantitative estimate of drug-likeness (QED) is 0.0262. The summed E-state index contributed by atoms with van der Waals surface area (Å²) in [6, 6.07) is 0. The van der Waals surface area contributed by atoms with Gasteiger partial charge < -0.3 is 14.2 Å². The largest absolute Gasteiger partial charge is 0.462 e. The molecule has 6 heteroatoms. The first-order valence-electron chi connectivity index (χ1n) is 27.9. The van der Waals surface area contributed by atoms with E-state index in [0.717, 1.165) is 135 Å².